The van der Waals surface area contributed by atoms with Crippen LogP contribution in [0, 0.1) is 0 Å². The van der Waals surface area contributed by atoms with Gasteiger partial charge in [0.25, 0.3) is 0 Å². The predicted octanol–water partition coefficient (Wildman–Crippen LogP) is 8.03. The molecule has 0 saturated carbocycles. The van der Waals surface area contributed by atoms with Crippen molar-refractivity contribution in [1.82, 2.24) is 4.98 Å². The summed E-state index contributed by atoms with van der Waals surface area (Å²) >= 11 is 7.75. The van der Waals surface area contributed by atoms with Crippen LogP contribution in [0.1, 0.15) is 0 Å². The molecule has 0 bridgehead atoms. The van der Waals surface area contributed by atoms with Gasteiger partial charge in [-0.3, -0.25) is 0 Å². The zero-order chi connectivity index (χ0) is 19.6. The Morgan fingerprint density at radius 1 is 0.690 bits per heavy atom. The number of rotatable bonds is 4. The average molecular weight is 413 g/mol. The molecule has 0 amide bonds. The number of aromatic nitrogens is 1. The fraction of sp³-hybridized carbons (Fsp3) is 0. The van der Waals surface area contributed by atoms with Crippen LogP contribution in [0.5, 0.6) is 0 Å². The zero-order valence-corrected chi connectivity index (χ0v) is 17.0. The van der Waals surface area contributed by atoms with E-state index in [1.54, 1.807) is 11.3 Å². The molecule has 5 rings (SSSR count). The molecule has 0 aliphatic carbocycles. The Balaban J connectivity index is 1.61. The first-order chi connectivity index (χ1) is 14.3. The standard InChI is InChI=1S/C25H17ClN2S/c26-20-15-13-18(14-16-20)23-24(19-8-2-1-3-9-19)29-25(28-23)27-22-12-6-10-17-7-4-5-11-21(17)22/h1-16H,(H,27,28). The highest BCUT2D eigenvalue weighted by Gasteiger charge is 2.15. The zero-order valence-electron chi connectivity index (χ0n) is 15.5. The van der Waals surface area contributed by atoms with Crippen molar-refractivity contribution in [3.8, 4) is 21.7 Å². The van der Waals surface area contributed by atoms with Crippen molar-refractivity contribution in [3.05, 3.63) is 102 Å². The summed E-state index contributed by atoms with van der Waals surface area (Å²) in [5.41, 5.74) is 4.22. The molecule has 2 nitrogen and oxygen atoms in total. The van der Waals surface area contributed by atoms with E-state index in [1.165, 1.54) is 10.8 Å². The minimum absolute atomic E-state index is 0.722. The molecule has 0 fully saturated rings. The number of anilines is 2. The Labute approximate surface area is 178 Å². The van der Waals surface area contributed by atoms with E-state index < -0.39 is 0 Å². The van der Waals surface area contributed by atoms with Crippen molar-refractivity contribution in [2.24, 2.45) is 0 Å². The molecule has 0 aliphatic heterocycles. The van der Waals surface area contributed by atoms with Gasteiger partial charge in [0, 0.05) is 21.7 Å². The Morgan fingerprint density at radius 3 is 2.24 bits per heavy atom. The largest absolute Gasteiger partial charge is 0.331 e. The third-order valence-electron chi connectivity index (χ3n) is 4.81. The molecule has 4 aromatic carbocycles. The van der Waals surface area contributed by atoms with Gasteiger partial charge in [0.15, 0.2) is 5.13 Å². The topological polar surface area (TPSA) is 24.9 Å². The molecule has 0 atom stereocenters. The maximum atomic E-state index is 6.09. The quantitative estimate of drug-likeness (QED) is 0.323. The van der Waals surface area contributed by atoms with Gasteiger partial charge in [-0.25, -0.2) is 4.98 Å². The molecule has 5 aromatic rings. The van der Waals surface area contributed by atoms with Crippen molar-refractivity contribution in [1.29, 1.82) is 0 Å². The van der Waals surface area contributed by atoms with Crippen LogP contribution >= 0.6 is 22.9 Å². The lowest BCUT2D eigenvalue weighted by atomic mass is 10.1. The first-order valence-corrected chi connectivity index (χ1v) is 10.5. The summed E-state index contributed by atoms with van der Waals surface area (Å²) in [5, 5.41) is 7.51. The normalized spacial score (nSPS) is 10.9. The summed E-state index contributed by atoms with van der Waals surface area (Å²) in [6.07, 6.45) is 0. The first-order valence-electron chi connectivity index (χ1n) is 9.35. The van der Waals surface area contributed by atoms with Gasteiger partial charge >= 0.3 is 0 Å². The molecular weight excluding hydrogens is 396 g/mol. The first kappa shape index (κ1) is 17.9. The lowest BCUT2D eigenvalue weighted by Crippen LogP contribution is -1.91. The van der Waals surface area contributed by atoms with Crippen molar-refractivity contribution in [3.63, 3.8) is 0 Å². The molecular formula is C25H17ClN2S. The third kappa shape index (κ3) is 3.63. The molecule has 29 heavy (non-hydrogen) atoms. The van der Waals surface area contributed by atoms with Crippen LogP contribution in [0.25, 0.3) is 32.5 Å². The van der Waals surface area contributed by atoms with Crippen LogP contribution in [0.2, 0.25) is 5.02 Å². The number of halogens is 1. The van der Waals surface area contributed by atoms with Crippen LogP contribution in [-0.4, -0.2) is 4.98 Å². The van der Waals surface area contributed by atoms with Crippen LogP contribution < -0.4 is 5.32 Å². The van der Waals surface area contributed by atoms with Gasteiger partial charge in [0.2, 0.25) is 0 Å². The van der Waals surface area contributed by atoms with E-state index in [0.29, 0.717) is 0 Å². The molecule has 0 saturated heterocycles. The van der Waals surface area contributed by atoms with Crippen molar-refractivity contribution in [2.45, 2.75) is 0 Å². The Kier molecular flexibility index (Phi) is 4.76. The van der Waals surface area contributed by atoms with E-state index in [1.807, 2.05) is 30.3 Å². The molecule has 0 spiro atoms. The summed E-state index contributed by atoms with van der Waals surface area (Å²) in [4.78, 5) is 6.09. The fourth-order valence-corrected chi connectivity index (χ4v) is 4.54. The Hall–Kier alpha value is -3.14. The van der Waals surface area contributed by atoms with Gasteiger partial charge in [0.05, 0.1) is 10.6 Å². The Morgan fingerprint density at radius 2 is 1.41 bits per heavy atom. The number of nitrogens with zero attached hydrogens (tertiary/aromatic N) is 1. The van der Waals surface area contributed by atoms with Crippen LogP contribution in [0.3, 0.4) is 0 Å². The van der Waals surface area contributed by atoms with Gasteiger partial charge < -0.3 is 5.32 Å². The molecule has 1 aromatic heterocycles. The second kappa shape index (κ2) is 7.70. The number of nitrogens with one attached hydrogen (secondary N) is 1. The van der Waals surface area contributed by atoms with Crippen LogP contribution in [0.15, 0.2) is 97.1 Å². The van der Waals surface area contributed by atoms with E-state index in [0.717, 1.165) is 37.5 Å². The summed E-state index contributed by atoms with van der Waals surface area (Å²) in [6.45, 7) is 0. The highest BCUT2D eigenvalue weighted by atomic mass is 35.5. The smallest absolute Gasteiger partial charge is 0.188 e. The van der Waals surface area contributed by atoms with E-state index in [-0.39, 0.29) is 0 Å². The Bertz CT molecular complexity index is 1270. The molecule has 1 N–H and O–H groups in total. The number of hydrogen-bond donors (Lipinski definition) is 1. The van der Waals surface area contributed by atoms with Gasteiger partial charge in [-0.15, -0.1) is 0 Å². The number of benzene rings is 4. The maximum absolute atomic E-state index is 6.09. The van der Waals surface area contributed by atoms with Gasteiger partial charge in [-0.1, -0.05) is 102 Å². The monoisotopic (exact) mass is 412 g/mol. The lowest BCUT2D eigenvalue weighted by Gasteiger charge is -2.06. The van der Waals surface area contributed by atoms with Gasteiger partial charge in [-0.2, -0.15) is 0 Å². The van der Waals surface area contributed by atoms with Crippen molar-refractivity contribution < 1.29 is 0 Å². The average Bonchev–Trinajstić information content (AvgIpc) is 3.19. The lowest BCUT2D eigenvalue weighted by molar-refractivity contribution is 1.39. The second-order valence-electron chi connectivity index (χ2n) is 6.72. The van der Waals surface area contributed by atoms with E-state index in [9.17, 15) is 0 Å². The third-order valence-corrected chi connectivity index (χ3v) is 6.08. The fourth-order valence-electron chi connectivity index (χ4n) is 3.41. The maximum Gasteiger partial charge on any atom is 0.188 e. The van der Waals surface area contributed by atoms with Crippen LogP contribution in [0.4, 0.5) is 10.8 Å². The molecule has 4 heteroatoms. The van der Waals surface area contributed by atoms with Crippen LogP contribution in [-0.2, 0) is 0 Å². The van der Waals surface area contributed by atoms with E-state index in [4.69, 9.17) is 16.6 Å². The summed E-state index contributed by atoms with van der Waals surface area (Å²) in [5.74, 6) is 0. The van der Waals surface area contributed by atoms with E-state index in [2.05, 4.69) is 72.0 Å². The summed E-state index contributed by atoms with van der Waals surface area (Å²) in [7, 11) is 0. The summed E-state index contributed by atoms with van der Waals surface area (Å²) in [6, 6.07) is 32.9. The van der Waals surface area contributed by atoms with Gasteiger partial charge in [-0.05, 0) is 29.1 Å². The summed E-state index contributed by atoms with van der Waals surface area (Å²) < 4.78 is 0. The minimum Gasteiger partial charge on any atom is -0.331 e. The highest BCUT2D eigenvalue weighted by molar-refractivity contribution is 7.19. The predicted molar refractivity (Wildman–Crippen MR) is 125 cm³/mol. The molecule has 0 aliphatic rings. The number of thiazole rings is 1. The van der Waals surface area contributed by atoms with Gasteiger partial charge in [0.1, 0.15) is 0 Å². The molecule has 140 valence electrons. The molecule has 0 radical (unpaired) electrons. The number of fused-ring (bicyclic) bond motifs is 1. The van der Waals surface area contributed by atoms with E-state index >= 15 is 0 Å². The second-order valence-corrected chi connectivity index (χ2v) is 8.16. The highest BCUT2D eigenvalue weighted by Crippen LogP contribution is 2.40. The SMILES string of the molecule is Clc1ccc(-c2nc(Nc3cccc4ccccc34)sc2-c2ccccc2)cc1. The molecule has 0 unspecified atom stereocenters. The van der Waals surface area contributed by atoms with Crippen molar-refractivity contribution in [2.75, 3.05) is 5.32 Å². The minimum atomic E-state index is 0.722. The van der Waals surface area contributed by atoms with Crippen molar-refractivity contribution >= 4 is 44.5 Å². The number of hydrogen-bond acceptors (Lipinski definition) is 3. The molecule has 1 heterocycles.